The molecule has 0 unspecified atom stereocenters. The number of carbonyl (C=O) groups is 1. The first-order chi connectivity index (χ1) is 7.77. The molecule has 1 aliphatic heterocycles. The van der Waals surface area contributed by atoms with Gasteiger partial charge in [0.2, 0.25) is 0 Å². The van der Waals surface area contributed by atoms with Crippen LogP contribution in [-0.2, 0) is 20.3 Å². The molecule has 1 aromatic carbocycles. The van der Waals surface area contributed by atoms with Crippen molar-refractivity contribution in [1.82, 2.24) is 0 Å². The van der Waals surface area contributed by atoms with Gasteiger partial charge in [0.1, 0.15) is 6.61 Å². The van der Waals surface area contributed by atoms with Crippen LogP contribution < -0.4 is 0 Å². The SMILES string of the molecule is O=C(OC[C@@H]1OCC[S@@]1=O)c1ccccc1. The third-order valence-electron chi connectivity index (χ3n) is 2.24. The molecule has 1 fully saturated rings. The number of hydrogen-bond donors (Lipinski definition) is 0. The van der Waals surface area contributed by atoms with Gasteiger partial charge in [-0.1, -0.05) is 18.2 Å². The summed E-state index contributed by atoms with van der Waals surface area (Å²) in [6.45, 7) is 0.528. The Balaban J connectivity index is 1.87. The van der Waals surface area contributed by atoms with Gasteiger partial charge < -0.3 is 9.47 Å². The zero-order valence-electron chi connectivity index (χ0n) is 8.63. The van der Waals surface area contributed by atoms with Crippen LogP contribution >= 0.6 is 0 Å². The fourth-order valence-electron chi connectivity index (χ4n) is 1.39. The van der Waals surface area contributed by atoms with E-state index in [-0.39, 0.29) is 6.61 Å². The van der Waals surface area contributed by atoms with E-state index < -0.39 is 22.2 Å². The largest absolute Gasteiger partial charge is 0.458 e. The summed E-state index contributed by atoms with van der Waals surface area (Å²) in [5.74, 6) is 0.112. The zero-order valence-corrected chi connectivity index (χ0v) is 9.44. The molecule has 1 aromatic rings. The average Bonchev–Trinajstić information content (AvgIpc) is 2.73. The number of benzene rings is 1. The number of hydrogen-bond acceptors (Lipinski definition) is 4. The van der Waals surface area contributed by atoms with Crippen molar-refractivity contribution in [2.24, 2.45) is 0 Å². The lowest BCUT2D eigenvalue weighted by molar-refractivity contribution is 0.0292. The Morgan fingerprint density at radius 2 is 2.19 bits per heavy atom. The molecule has 0 spiro atoms. The first-order valence-corrected chi connectivity index (χ1v) is 6.36. The average molecular weight is 240 g/mol. The minimum Gasteiger partial charge on any atom is -0.458 e. The lowest BCUT2D eigenvalue weighted by atomic mass is 10.2. The highest BCUT2D eigenvalue weighted by molar-refractivity contribution is 7.85. The fraction of sp³-hybridized carbons (Fsp3) is 0.364. The molecule has 1 aliphatic rings. The third-order valence-corrected chi connectivity index (χ3v) is 3.67. The van der Waals surface area contributed by atoms with Crippen LogP contribution in [0.2, 0.25) is 0 Å². The Hall–Kier alpha value is -1.20. The highest BCUT2D eigenvalue weighted by atomic mass is 32.2. The number of esters is 1. The topological polar surface area (TPSA) is 52.6 Å². The molecule has 1 heterocycles. The van der Waals surface area contributed by atoms with E-state index in [2.05, 4.69) is 0 Å². The van der Waals surface area contributed by atoms with E-state index in [4.69, 9.17) is 9.47 Å². The minimum atomic E-state index is -1.03. The molecule has 16 heavy (non-hydrogen) atoms. The molecule has 0 amide bonds. The van der Waals surface area contributed by atoms with Crippen LogP contribution in [0.25, 0.3) is 0 Å². The number of ether oxygens (including phenoxy) is 2. The van der Waals surface area contributed by atoms with Crippen LogP contribution in [0.15, 0.2) is 30.3 Å². The number of rotatable bonds is 3. The van der Waals surface area contributed by atoms with Gasteiger partial charge >= 0.3 is 5.97 Å². The number of carbonyl (C=O) groups excluding carboxylic acids is 1. The van der Waals surface area contributed by atoms with Crippen molar-refractivity contribution in [1.29, 1.82) is 0 Å². The summed E-state index contributed by atoms with van der Waals surface area (Å²) in [6, 6.07) is 8.71. The summed E-state index contributed by atoms with van der Waals surface area (Å²) in [7, 11) is -1.03. The molecular formula is C11H12O4S. The van der Waals surface area contributed by atoms with E-state index in [0.29, 0.717) is 17.9 Å². The van der Waals surface area contributed by atoms with E-state index in [1.54, 1.807) is 24.3 Å². The molecule has 5 heteroatoms. The molecule has 2 atom stereocenters. The van der Waals surface area contributed by atoms with Gasteiger partial charge in [0.15, 0.2) is 5.44 Å². The molecule has 0 N–H and O–H groups in total. The van der Waals surface area contributed by atoms with Crippen molar-refractivity contribution in [3.63, 3.8) is 0 Å². The van der Waals surface area contributed by atoms with Gasteiger partial charge in [-0.25, -0.2) is 4.79 Å². The van der Waals surface area contributed by atoms with Crippen molar-refractivity contribution in [2.75, 3.05) is 19.0 Å². The fourth-order valence-corrected chi connectivity index (χ4v) is 2.39. The molecule has 2 rings (SSSR count). The van der Waals surface area contributed by atoms with Crippen molar-refractivity contribution in [3.05, 3.63) is 35.9 Å². The van der Waals surface area contributed by atoms with Crippen LogP contribution in [-0.4, -0.2) is 34.6 Å². The predicted molar refractivity (Wildman–Crippen MR) is 59.5 cm³/mol. The molecule has 4 nitrogen and oxygen atoms in total. The lowest BCUT2D eigenvalue weighted by Gasteiger charge is -2.09. The van der Waals surface area contributed by atoms with Crippen LogP contribution in [0.4, 0.5) is 0 Å². The zero-order chi connectivity index (χ0) is 11.4. The molecule has 0 aromatic heterocycles. The van der Waals surface area contributed by atoms with E-state index in [1.165, 1.54) is 0 Å². The molecule has 0 radical (unpaired) electrons. The Kier molecular flexibility index (Phi) is 3.69. The highest BCUT2D eigenvalue weighted by Gasteiger charge is 2.25. The van der Waals surface area contributed by atoms with E-state index in [1.807, 2.05) is 6.07 Å². The quantitative estimate of drug-likeness (QED) is 0.738. The van der Waals surface area contributed by atoms with Crippen LogP contribution in [0.1, 0.15) is 10.4 Å². The van der Waals surface area contributed by atoms with E-state index in [0.717, 1.165) is 0 Å². The summed E-state index contributed by atoms with van der Waals surface area (Å²) >= 11 is 0. The summed E-state index contributed by atoms with van der Waals surface area (Å²) in [5.41, 5.74) is 0.0268. The van der Waals surface area contributed by atoms with Gasteiger partial charge in [0.25, 0.3) is 0 Å². The summed E-state index contributed by atoms with van der Waals surface area (Å²) < 4.78 is 21.5. The Morgan fingerprint density at radius 3 is 2.81 bits per heavy atom. The Morgan fingerprint density at radius 1 is 1.44 bits per heavy atom. The van der Waals surface area contributed by atoms with Gasteiger partial charge in [-0.2, -0.15) is 0 Å². The second-order valence-corrected chi connectivity index (χ2v) is 5.05. The third kappa shape index (κ3) is 2.68. The first-order valence-electron chi connectivity index (χ1n) is 4.98. The lowest BCUT2D eigenvalue weighted by Crippen LogP contribution is -2.21. The normalized spacial score (nSPS) is 24.2. The molecular weight excluding hydrogens is 228 g/mol. The predicted octanol–water partition coefficient (Wildman–Crippen LogP) is 0.948. The van der Waals surface area contributed by atoms with Crippen LogP contribution in [0, 0.1) is 0 Å². The van der Waals surface area contributed by atoms with E-state index in [9.17, 15) is 9.00 Å². The van der Waals surface area contributed by atoms with E-state index >= 15 is 0 Å². The molecule has 0 saturated carbocycles. The summed E-state index contributed by atoms with van der Waals surface area (Å²) in [5, 5.41) is 0. The summed E-state index contributed by atoms with van der Waals surface area (Å²) in [4.78, 5) is 11.5. The molecule has 86 valence electrons. The van der Waals surface area contributed by atoms with Crippen molar-refractivity contribution in [3.8, 4) is 0 Å². The van der Waals surface area contributed by atoms with Gasteiger partial charge in [-0.3, -0.25) is 4.21 Å². The second-order valence-electron chi connectivity index (χ2n) is 3.35. The maximum Gasteiger partial charge on any atom is 0.338 e. The van der Waals surface area contributed by atoms with Crippen LogP contribution in [0.3, 0.4) is 0 Å². The Labute approximate surface area is 96.0 Å². The smallest absolute Gasteiger partial charge is 0.338 e. The van der Waals surface area contributed by atoms with Crippen molar-refractivity contribution < 1.29 is 18.5 Å². The maximum absolute atomic E-state index is 11.5. The highest BCUT2D eigenvalue weighted by Crippen LogP contribution is 2.10. The van der Waals surface area contributed by atoms with Crippen LogP contribution in [0.5, 0.6) is 0 Å². The maximum atomic E-state index is 11.5. The standard InChI is InChI=1S/C11H12O4S/c12-11(9-4-2-1-3-5-9)15-8-10-14-6-7-16(10)13/h1-5,10H,6-8H2/t10-,16+/m1/s1. The molecule has 0 aliphatic carbocycles. The van der Waals surface area contributed by atoms with Gasteiger partial charge in [0.05, 0.1) is 23.0 Å². The monoisotopic (exact) mass is 240 g/mol. The van der Waals surface area contributed by atoms with Gasteiger partial charge in [0, 0.05) is 5.75 Å². The van der Waals surface area contributed by atoms with Crippen molar-refractivity contribution >= 4 is 16.8 Å². The summed E-state index contributed by atoms with van der Waals surface area (Å²) in [6.07, 6.45) is 0. The van der Waals surface area contributed by atoms with Gasteiger partial charge in [-0.05, 0) is 12.1 Å². The second kappa shape index (κ2) is 5.23. The van der Waals surface area contributed by atoms with Crippen molar-refractivity contribution in [2.45, 2.75) is 5.44 Å². The van der Waals surface area contributed by atoms with Gasteiger partial charge in [-0.15, -0.1) is 0 Å². The first kappa shape index (κ1) is 11.3. The minimum absolute atomic E-state index is 0.0559. The Bertz CT molecular complexity index is 390. The molecule has 1 saturated heterocycles. The molecule has 0 bridgehead atoms.